The quantitative estimate of drug-likeness (QED) is 0.363. The molecule has 0 saturated heterocycles. The molecular formula is C8H8FN3O. The molecule has 2 N–H and O–H groups in total. The lowest BCUT2D eigenvalue weighted by Gasteiger charge is -2.16. The molecule has 2 rings (SSSR count). The normalized spacial score (nSPS) is 18.1. The molecule has 68 valence electrons. The summed E-state index contributed by atoms with van der Waals surface area (Å²) < 4.78 is 18.0. The van der Waals surface area contributed by atoms with Gasteiger partial charge < -0.3 is 10.6 Å². The van der Waals surface area contributed by atoms with E-state index in [0.29, 0.717) is 30.2 Å². The Morgan fingerprint density at radius 3 is 3.15 bits per heavy atom. The average molecular weight is 181 g/mol. The van der Waals surface area contributed by atoms with E-state index in [1.807, 2.05) is 0 Å². The summed E-state index contributed by atoms with van der Waals surface area (Å²) in [5.74, 6) is 5.13. The van der Waals surface area contributed by atoms with Gasteiger partial charge in [0.15, 0.2) is 0 Å². The molecule has 1 aromatic heterocycles. The molecule has 0 amide bonds. The van der Waals surface area contributed by atoms with Crippen LogP contribution in [0.5, 0.6) is 5.75 Å². The Hall–Kier alpha value is -1.65. The summed E-state index contributed by atoms with van der Waals surface area (Å²) in [6, 6.07) is 2.78. The van der Waals surface area contributed by atoms with Gasteiger partial charge in [0.05, 0.1) is 12.3 Å². The molecule has 0 radical (unpaired) electrons. The molecule has 0 saturated carbocycles. The predicted octanol–water partition coefficient (Wildman–Crippen LogP) is 0.666. The standard InChI is InChI=1S/C8H8FN3O/c9-7-2-1-6-8(11-7)5(12-10)3-4-13-6/h1-2H,3-4,10H2/b12-5-. The number of hydrogen-bond acceptors (Lipinski definition) is 4. The minimum absolute atomic E-state index is 0.411. The van der Waals surface area contributed by atoms with Crippen molar-refractivity contribution in [2.24, 2.45) is 10.9 Å². The maximum atomic E-state index is 12.7. The van der Waals surface area contributed by atoms with Gasteiger partial charge in [-0.25, -0.2) is 4.98 Å². The van der Waals surface area contributed by atoms with Crippen LogP contribution in [0, 0.1) is 5.95 Å². The van der Waals surface area contributed by atoms with E-state index in [4.69, 9.17) is 10.6 Å². The fourth-order valence-electron chi connectivity index (χ4n) is 1.25. The van der Waals surface area contributed by atoms with Gasteiger partial charge >= 0.3 is 0 Å². The highest BCUT2D eigenvalue weighted by Crippen LogP contribution is 2.22. The number of nitrogens with zero attached hydrogens (tertiary/aromatic N) is 2. The van der Waals surface area contributed by atoms with Crippen LogP contribution in [0.2, 0.25) is 0 Å². The number of hydrogen-bond donors (Lipinski definition) is 1. The summed E-state index contributed by atoms with van der Waals surface area (Å²) in [6.07, 6.45) is 0.569. The number of rotatable bonds is 0. The Morgan fingerprint density at radius 2 is 2.38 bits per heavy atom. The molecule has 0 aliphatic carbocycles. The smallest absolute Gasteiger partial charge is 0.213 e. The van der Waals surface area contributed by atoms with Crippen LogP contribution in [0.15, 0.2) is 17.2 Å². The SMILES string of the molecule is N/N=C1/CCOc2ccc(F)nc21. The van der Waals surface area contributed by atoms with Crippen molar-refractivity contribution >= 4 is 5.71 Å². The molecule has 1 aliphatic rings. The third-order valence-electron chi connectivity index (χ3n) is 1.85. The zero-order chi connectivity index (χ0) is 9.26. The first kappa shape index (κ1) is 7.97. The molecule has 2 heterocycles. The second kappa shape index (κ2) is 3.01. The summed E-state index contributed by atoms with van der Waals surface area (Å²) in [5.41, 5.74) is 0.995. The van der Waals surface area contributed by atoms with Gasteiger partial charge in [0.1, 0.15) is 11.4 Å². The molecule has 0 spiro atoms. The summed E-state index contributed by atoms with van der Waals surface area (Å²) in [6.45, 7) is 0.510. The summed E-state index contributed by atoms with van der Waals surface area (Å²) in [7, 11) is 0. The third kappa shape index (κ3) is 1.32. The van der Waals surface area contributed by atoms with E-state index in [1.165, 1.54) is 12.1 Å². The van der Waals surface area contributed by atoms with Gasteiger partial charge in [-0.05, 0) is 12.1 Å². The molecule has 4 nitrogen and oxygen atoms in total. The monoisotopic (exact) mass is 181 g/mol. The van der Waals surface area contributed by atoms with E-state index in [1.54, 1.807) is 0 Å². The van der Waals surface area contributed by atoms with Crippen molar-refractivity contribution in [1.29, 1.82) is 0 Å². The molecule has 0 fully saturated rings. The first-order valence-electron chi connectivity index (χ1n) is 3.88. The van der Waals surface area contributed by atoms with E-state index in [9.17, 15) is 4.39 Å². The molecular weight excluding hydrogens is 173 g/mol. The zero-order valence-corrected chi connectivity index (χ0v) is 6.83. The van der Waals surface area contributed by atoms with Gasteiger partial charge in [-0.15, -0.1) is 0 Å². The predicted molar refractivity (Wildman–Crippen MR) is 45.0 cm³/mol. The fourth-order valence-corrected chi connectivity index (χ4v) is 1.25. The van der Waals surface area contributed by atoms with E-state index in [-0.39, 0.29) is 0 Å². The second-order valence-electron chi connectivity index (χ2n) is 2.65. The average Bonchev–Trinajstić information content (AvgIpc) is 2.17. The van der Waals surface area contributed by atoms with Crippen LogP contribution in [0.3, 0.4) is 0 Å². The molecule has 0 bridgehead atoms. The van der Waals surface area contributed by atoms with Gasteiger partial charge in [-0.3, -0.25) is 0 Å². The Labute approximate surface area is 74.2 Å². The molecule has 1 aliphatic heterocycles. The molecule has 0 aromatic carbocycles. The van der Waals surface area contributed by atoms with Crippen LogP contribution in [0.25, 0.3) is 0 Å². The first-order chi connectivity index (χ1) is 6.31. The molecule has 1 aromatic rings. The van der Waals surface area contributed by atoms with Gasteiger partial charge in [0.2, 0.25) is 5.95 Å². The van der Waals surface area contributed by atoms with Crippen molar-refractivity contribution in [3.05, 3.63) is 23.8 Å². The van der Waals surface area contributed by atoms with E-state index in [2.05, 4.69) is 10.1 Å². The van der Waals surface area contributed by atoms with Crippen molar-refractivity contribution in [3.8, 4) is 5.75 Å². The van der Waals surface area contributed by atoms with Crippen molar-refractivity contribution < 1.29 is 9.13 Å². The van der Waals surface area contributed by atoms with Crippen LogP contribution in [-0.2, 0) is 0 Å². The minimum atomic E-state index is -0.551. The highest BCUT2D eigenvalue weighted by atomic mass is 19.1. The molecule has 0 unspecified atom stereocenters. The maximum Gasteiger partial charge on any atom is 0.213 e. The van der Waals surface area contributed by atoms with Crippen LogP contribution in [0.4, 0.5) is 4.39 Å². The molecule has 0 atom stereocenters. The largest absolute Gasteiger partial charge is 0.491 e. The molecule has 5 heteroatoms. The number of ether oxygens (including phenoxy) is 1. The maximum absolute atomic E-state index is 12.7. The highest BCUT2D eigenvalue weighted by Gasteiger charge is 2.18. The van der Waals surface area contributed by atoms with Gasteiger partial charge in [-0.1, -0.05) is 0 Å². The van der Waals surface area contributed by atoms with Gasteiger partial charge in [0, 0.05) is 6.42 Å². The van der Waals surface area contributed by atoms with Crippen molar-refractivity contribution in [2.75, 3.05) is 6.61 Å². The Bertz CT molecular complexity index is 364. The van der Waals surface area contributed by atoms with Crippen LogP contribution in [0.1, 0.15) is 12.1 Å². The van der Waals surface area contributed by atoms with Gasteiger partial charge in [0.25, 0.3) is 0 Å². The van der Waals surface area contributed by atoms with Crippen molar-refractivity contribution in [1.82, 2.24) is 4.98 Å². The van der Waals surface area contributed by atoms with Gasteiger partial charge in [-0.2, -0.15) is 9.49 Å². The van der Waals surface area contributed by atoms with Crippen molar-refractivity contribution in [2.45, 2.75) is 6.42 Å². The number of pyridine rings is 1. The number of hydrazone groups is 1. The Morgan fingerprint density at radius 1 is 1.54 bits per heavy atom. The lowest BCUT2D eigenvalue weighted by molar-refractivity contribution is 0.316. The van der Waals surface area contributed by atoms with E-state index < -0.39 is 5.95 Å². The molecule has 13 heavy (non-hydrogen) atoms. The summed E-state index contributed by atoms with van der Waals surface area (Å²) in [4.78, 5) is 3.66. The van der Waals surface area contributed by atoms with E-state index in [0.717, 1.165) is 0 Å². The first-order valence-corrected chi connectivity index (χ1v) is 3.88. The zero-order valence-electron chi connectivity index (χ0n) is 6.83. The number of aromatic nitrogens is 1. The van der Waals surface area contributed by atoms with E-state index >= 15 is 0 Å². The third-order valence-corrected chi connectivity index (χ3v) is 1.85. The Kier molecular flexibility index (Phi) is 1.84. The number of halogens is 1. The van der Waals surface area contributed by atoms with Crippen molar-refractivity contribution in [3.63, 3.8) is 0 Å². The minimum Gasteiger partial charge on any atom is -0.491 e. The summed E-state index contributed by atoms with van der Waals surface area (Å²) >= 11 is 0. The number of fused-ring (bicyclic) bond motifs is 1. The Balaban J connectivity index is 2.54. The fraction of sp³-hybridized carbons (Fsp3) is 0.250. The van der Waals surface area contributed by atoms with Crippen LogP contribution >= 0.6 is 0 Å². The second-order valence-corrected chi connectivity index (χ2v) is 2.65. The highest BCUT2D eigenvalue weighted by molar-refractivity contribution is 6.01. The summed E-state index contributed by atoms with van der Waals surface area (Å²) in [5, 5.41) is 3.54. The lowest BCUT2D eigenvalue weighted by Crippen LogP contribution is -2.19. The lowest BCUT2D eigenvalue weighted by atomic mass is 10.1. The van der Waals surface area contributed by atoms with Crippen LogP contribution < -0.4 is 10.6 Å². The topological polar surface area (TPSA) is 60.5 Å². The van der Waals surface area contributed by atoms with Crippen LogP contribution in [-0.4, -0.2) is 17.3 Å². The number of nitrogens with two attached hydrogens (primary N) is 1.